The Bertz CT molecular complexity index is 2050. The molecule has 2 aliphatic carbocycles. The van der Waals surface area contributed by atoms with E-state index in [1.165, 1.54) is 81.7 Å². The van der Waals surface area contributed by atoms with Crippen molar-refractivity contribution < 1.29 is 33.5 Å². The first-order valence-electron chi connectivity index (χ1n) is 15.2. The van der Waals surface area contributed by atoms with E-state index in [9.17, 15) is 28.8 Å². The molecule has 8 rings (SSSR count). The number of rotatable bonds is 10. The number of hydrogen-bond donors (Lipinski definition) is 0. The molecule has 49 heavy (non-hydrogen) atoms. The molecule has 0 N–H and O–H groups in total. The maximum atomic E-state index is 13.9. The predicted octanol–water partition coefficient (Wildman–Crippen LogP) is 8.52. The molecule has 0 saturated carbocycles. The minimum atomic E-state index is -1.47. The summed E-state index contributed by atoms with van der Waals surface area (Å²) in [7, 11) is 0. The summed E-state index contributed by atoms with van der Waals surface area (Å²) in [5.74, 6) is -7.17. The van der Waals surface area contributed by atoms with Gasteiger partial charge >= 0.3 is 0 Å². The van der Waals surface area contributed by atoms with Crippen molar-refractivity contribution in [1.82, 2.24) is 0 Å². The Hall–Kier alpha value is -4.94. The maximum Gasteiger partial charge on any atom is 0.182 e. The summed E-state index contributed by atoms with van der Waals surface area (Å²) in [5, 5.41) is 7.42. The number of ether oxygens (including phenoxy) is 1. The van der Waals surface area contributed by atoms with Gasteiger partial charge in [0.25, 0.3) is 0 Å². The van der Waals surface area contributed by atoms with E-state index in [0.717, 1.165) is 19.5 Å². The van der Waals surface area contributed by atoms with E-state index in [2.05, 4.69) is 0 Å². The fraction of sp³-hybridized carbons (Fsp3) is 0.105. The van der Waals surface area contributed by atoms with E-state index in [0.29, 0.717) is 0 Å². The van der Waals surface area contributed by atoms with Gasteiger partial charge in [-0.2, -0.15) is 0 Å². The van der Waals surface area contributed by atoms with Crippen LogP contribution >= 0.6 is 45.3 Å². The molecule has 6 aromatic rings. The van der Waals surface area contributed by atoms with Crippen LogP contribution in [0.1, 0.15) is 72.8 Å². The lowest BCUT2D eigenvalue weighted by molar-refractivity contribution is -0.121. The van der Waals surface area contributed by atoms with Crippen LogP contribution in [-0.2, 0) is 9.59 Å². The summed E-state index contributed by atoms with van der Waals surface area (Å²) < 4.78 is 6.03. The predicted molar refractivity (Wildman–Crippen MR) is 188 cm³/mol. The van der Waals surface area contributed by atoms with Crippen LogP contribution in [0.3, 0.4) is 0 Å². The zero-order valence-corrected chi connectivity index (χ0v) is 28.5. The zero-order valence-electron chi connectivity index (χ0n) is 25.2. The van der Waals surface area contributed by atoms with Crippen LogP contribution < -0.4 is 4.74 Å². The van der Waals surface area contributed by atoms with E-state index in [1.807, 2.05) is 70.1 Å². The summed E-state index contributed by atoms with van der Waals surface area (Å²) in [4.78, 5) is 85.0. The molecule has 4 heterocycles. The molecule has 4 aromatic heterocycles. The van der Waals surface area contributed by atoms with Crippen LogP contribution in [0.25, 0.3) is 0 Å². The Morgan fingerprint density at radius 1 is 0.469 bits per heavy atom. The molecule has 11 heteroatoms. The minimum Gasteiger partial charge on any atom is -0.457 e. The quantitative estimate of drug-likeness (QED) is 0.131. The van der Waals surface area contributed by atoms with E-state index >= 15 is 0 Å². The van der Waals surface area contributed by atoms with E-state index in [1.54, 1.807) is 0 Å². The van der Waals surface area contributed by atoms with Crippen LogP contribution in [0.4, 0.5) is 0 Å². The lowest BCUT2D eigenvalue weighted by atomic mass is 9.87. The highest BCUT2D eigenvalue weighted by atomic mass is 32.1. The van der Waals surface area contributed by atoms with Crippen molar-refractivity contribution in [2.45, 2.75) is 11.8 Å². The monoisotopic (exact) mass is 718 g/mol. The number of fused-ring (bicyclic) bond motifs is 2. The van der Waals surface area contributed by atoms with Crippen LogP contribution in [-0.4, -0.2) is 34.7 Å². The van der Waals surface area contributed by atoms with Gasteiger partial charge in [-0.1, -0.05) is 24.3 Å². The van der Waals surface area contributed by atoms with Gasteiger partial charge in [0.15, 0.2) is 34.7 Å². The standard InChI is InChI=1S/C38H22O7S4/c39-33-21-11-9-19(17-23(21)35(41)31(33)37(43)29(25-5-1-13-46-25)26-6-2-14-47-26)45-20-10-12-22-24(18-20)36(42)32(34(22)40)38(44)30(27-7-3-15-48-27)28-8-4-16-49-28/h1-18,29-32H. The van der Waals surface area contributed by atoms with Gasteiger partial charge in [0, 0.05) is 41.8 Å². The van der Waals surface area contributed by atoms with Gasteiger partial charge in [-0.3, -0.25) is 28.8 Å². The van der Waals surface area contributed by atoms with Gasteiger partial charge in [-0.15, -0.1) is 45.3 Å². The fourth-order valence-corrected chi connectivity index (χ4v) is 10.1. The Labute approximate surface area is 295 Å². The number of carbonyl (C=O) groups is 6. The molecular weight excluding hydrogens is 697 g/mol. The van der Waals surface area contributed by atoms with Crippen molar-refractivity contribution in [2.24, 2.45) is 11.8 Å². The smallest absolute Gasteiger partial charge is 0.182 e. The third kappa shape index (κ3) is 5.30. The lowest BCUT2D eigenvalue weighted by Crippen LogP contribution is -2.30. The summed E-state index contributed by atoms with van der Waals surface area (Å²) in [6.07, 6.45) is 0. The van der Waals surface area contributed by atoms with Gasteiger partial charge in [-0.25, -0.2) is 0 Å². The molecule has 0 bridgehead atoms. The number of benzene rings is 2. The molecule has 7 nitrogen and oxygen atoms in total. The molecule has 0 amide bonds. The second kappa shape index (κ2) is 12.5. The highest BCUT2D eigenvalue weighted by Gasteiger charge is 2.48. The van der Waals surface area contributed by atoms with Crippen molar-refractivity contribution in [3.05, 3.63) is 148 Å². The first-order valence-corrected chi connectivity index (χ1v) is 18.7. The Kier molecular flexibility index (Phi) is 7.99. The van der Waals surface area contributed by atoms with Gasteiger partial charge in [0.05, 0.1) is 11.8 Å². The minimum absolute atomic E-state index is 0.0863. The van der Waals surface area contributed by atoms with Gasteiger partial charge < -0.3 is 4.74 Å². The Morgan fingerprint density at radius 2 is 0.796 bits per heavy atom. The number of thiophene rings is 4. The first-order chi connectivity index (χ1) is 23.8. The topological polar surface area (TPSA) is 112 Å². The molecular formula is C38H22O7S4. The van der Waals surface area contributed by atoms with Crippen LogP contribution in [0.5, 0.6) is 11.5 Å². The van der Waals surface area contributed by atoms with E-state index in [-0.39, 0.29) is 33.8 Å². The zero-order chi connectivity index (χ0) is 33.8. The second-order valence-corrected chi connectivity index (χ2v) is 15.5. The van der Waals surface area contributed by atoms with Gasteiger partial charge in [-0.05, 0) is 82.2 Å². The Balaban J connectivity index is 1.04. The fourth-order valence-electron chi connectivity index (χ4n) is 6.52. The van der Waals surface area contributed by atoms with Crippen molar-refractivity contribution in [2.75, 3.05) is 0 Å². The summed E-state index contributed by atoms with van der Waals surface area (Å²) in [5.41, 5.74) is 0.467. The molecule has 0 fully saturated rings. The summed E-state index contributed by atoms with van der Waals surface area (Å²) in [6.45, 7) is 0. The molecule has 2 unspecified atom stereocenters. The molecule has 0 radical (unpaired) electrons. The average molecular weight is 719 g/mol. The Morgan fingerprint density at radius 3 is 1.10 bits per heavy atom. The second-order valence-electron chi connectivity index (χ2n) is 11.6. The molecule has 2 aliphatic rings. The molecule has 2 aromatic carbocycles. The average Bonchev–Trinajstić information content (AvgIpc) is 3.95. The van der Waals surface area contributed by atoms with Gasteiger partial charge in [0.1, 0.15) is 23.3 Å². The highest BCUT2D eigenvalue weighted by Crippen LogP contribution is 2.41. The van der Waals surface area contributed by atoms with Gasteiger partial charge in [0.2, 0.25) is 0 Å². The number of ketones is 6. The largest absolute Gasteiger partial charge is 0.457 e. The number of carbonyl (C=O) groups excluding carboxylic acids is 6. The van der Waals surface area contributed by atoms with Crippen molar-refractivity contribution in [1.29, 1.82) is 0 Å². The first kappa shape index (κ1) is 31.3. The molecule has 240 valence electrons. The maximum absolute atomic E-state index is 13.9. The number of hydrogen-bond acceptors (Lipinski definition) is 11. The molecule has 0 spiro atoms. The van der Waals surface area contributed by atoms with Crippen LogP contribution in [0.15, 0.2) is 106 Å². The van der Waals surface area contributed by atoms with Crippen LogP contribution in [0.2, 0.25) is 0 Å². The molecule has 0 aliphatic heterocycles. The molecule has 0 saturated heterocycles. The molecule has 2 atom stereocenters. The third-order valence-corrected chi connectivity index (χ3v) is 12.5. The normalized spacial score (nSPS) is 16.9. The number of Topliss-reactive ketones (excluding diaryl/α,β-unsaturated/α-hetero) is 6. The SMILES string of the molecule is O=C1c2ccc(Oc3ccc4c(c3)C(=O)C(C(=O)C(c3cccs3)c3cccs3)C4=O)cc2C(=O)C1C(=O)C(c1cccs1)c1cccs1. The lowest BCUT2D eigenvalue weighted by Gasteiger charge is -2.16. The summed E-state index contributed by atoms with van der Waals surface area (Å²) in [6, 6.07) is 23.5. The third-order valence-electron chi connectivity index (χ3n) is 8.78. The van der Waals surface area contributed by atoms with Crippen molar-refractivity contribution in [3.8, 4) is 11.5 Å². The van der Waals surface area contributed by atoms with Crippen molar-refractivity contribution >= 4 is 80.0 Å². The van der Waals surface area contributed by atoms with Crippen molar-refractivity contribution in [3.63, 3.8) is 0 Å². The van der Waals surface area contributed by atoms with E-state index in [4.69, 9.17) is 4.74 Å². The summed E-state index contributed by atoms with van der Waals surface area (Å²) >= 11 is 5.59. The van der Waals surface area contributed by atoms with E-state index < -0.39 is 58.4 Å². The highest BCUT2D eigenvalue weighted by molar-refractivity contribution is 7.12. The van der Waals surface area contributed by atoms with Crippen LogP contribution in [0, 0.1) is 11.8 Å².